The van der Waals surface area contributed by atoms with Crippen LogP contribution in [0.3, 0.4) is 0 Å². The molecule has 2 aromatic heterocycles. The van der Waals surface area contributed by atoms with Crippen molar-refractivity contribution >= 4 is 22.7 Å². The fourth-order valence-corrected chi connectivity index (χ4v) is 4.72. The van der Waals surface area contributed by atoms with Gasteiger partial charge in [0, 0.05) is 54.5 Å². The van der Waals surface area contributed by atoms with E-state index in [9.17, 15) is 23.2 Å². The molecule has 5 rings (SSSR count). The van der Waals surface area contributed by atoms with Crippen molar-refractivity contribution in [3.63, 3.8) is 0 Å². The number of fused-ring (bicyclic) bond motifs is 1. The molecule has 0 bridgehead atoms. The van der Waals surface area contributed by atoms with Gasteiger partial charge in [-0.1, -0.05) is 6.07 Å². The number of halogens is 3. The molecule has 0 aliphatic carbocycles. The van der Waals surface area contributed by atoms with Gasteiger partial charge in [0.1, 0.15) is 29.2 Å². The van der Waals surface area contributed by atoms with Crippen molar-refractivity contribution in [2.45, 2.75) is 38.1 Å². The Hall–Kier alpha value is -4.40. The summed E-state index contributed by atoms with van der Waals surface area (Å²) in [7, 11) is 0. The first-order valence-electron chi connectivity index (χ1n) is 13.1. The maximum atomic E-state index is 13.2. The Morgan fingerprint density at radius 1 is 1.15 bits per heavy atom. The molecule has 1 unspecified atom stereocenters. The number of carbonyl (C=O) groups is 1. The lowest BCUT2D eigenvalue weighted by molar-refractivity contribution is -0.170. The van der Waals surface area contributed by atoms with Gasteiger partial charge < -0.3 is 24.5 Å². The number of benzene rings is 2. The molecule has 2 aromatic carbocycles. The van der Waals surface area contributed by atoms with Crippen molar-refractivity contribution in [3.8, 4) is 34.3 Å². The quantitative estimate of drug-likeness (QED) is 0.300. The number of hydrogen-bond donors (Lipinski definition) is 1. The van der Waals surface area contributed by atoms with Crippen LogP contribution in [-0.4, -0.2) is 49.0 Å². The van der Waals surface area contributed by atoms with E-state index in [-0.39, 0.29) is 18.3 Å². The number of aromatic nitrogens is 1. The molecule has 8 nitrogen and oxygen atoms in total. The molecule has 3 heterocycles. The topological polar surface area (TPSA) is 115 Å². The first-order chi connectivity index (χ1) is 19.6. The molecule has 1 atom stereocenters. The van der Waals surface area contributed by atoms with Crippen molar-refractivity contribution in [2.24, 2.45) is 5.73 Å². The zero-order valence-electron chi connectivity index (χ0n) is 22.1. The van der Waals surface area contributed by atoms with E-state index < -0.39 is 18.1 Å². The number of nitrogens with zero attached hydrogens (tertiary/aromatic N) is 3. The van der Waals surface area contributed by atoms with Gasteiger partial charge in [-0.2, -0.15) is 18.4 Å². The van der Waals surface area contributed by atoms with E-state index >= 15 is 0 Å². The predicted octanol–water partition coefficient (Wildman–Crippen LogP) is 5.83. The lowest BCUT2D eigenvalue weighted by Gasteiger charge is -2.25. The molecule has 11 heteroatoms. The summed E-state index contributed by atoms with van der Waals surface area (Å²) in [5.41, 5.74) is 9.23. The highest BCUT2D eigenvalue weighted by Gasteiger charge is 2.43. The second-order valence-corrected chi connectivity index (χ2v) is 9.87. The highest BCUT2D eigenvalue weighted by Crippen LogP contribution is 2.36. The monoisotopic (exact) mass is 564 g/mol. The van der Waals surface area contributed by atoms with E-state index in [1.807, 2.05) is 6.07 Å². The minimum Gasteiger partial charge on any atom is -0.489 e. The molecule has 212 valence electrons. The number of hydrogen-bond acceptors (Lipinski definition) is 7. The number of amides is 1. The number of anilines is 1. The van der Waals surface area contributed by atoms with Crippen LogP contribution in [0.2, 0.25) is 0 Å². The Bertz CT molecular complexity index is 1590. The maximum Gasteiger partial charge on any atom is 0.471 e. The first-order valence-corrected chi connectivity index (χ1v) is 13.1. The van der Waals surface area contributed by atoms with Crippen molar-refractivity contribution in [2.75, 3.05) is 24.7 Å². The smallest absolute Gasteiger partial charge is 0.471 e. The number of pyridine rings is 1. The molecule has 0 saturated carbocycles. The summed E-state index contributed by atoms with van der Waals surface area (Å²) < 4.78 is 57.1. The zero-order valence-corrected chi connectivity index (χ0v) is 22.1. The molecule has 1 amide bonds. The van der Waals surface area contributed by atoms with Crippen molar-refractivity contribution in [1.29, 1.82) is 5.26 Å². The molecule has 2 N–H and O–H groups in total. The van der Waals surface area contributed by atoms with E-state index in [0.717, 1.165) is 18.4 Å². The Morgan fingerprint density at radius 2 is 1.85 bits per heavy atom. The number of nitriles is 1. The van der Waals surface area contributed by atoms with Crippen LogP contribution in [0.5, 0.6) is 5.75 Å². The SMILES string of the molecule is CC(N)CN(C(=O)C(F)(F)F)c1ccc(-c2cc3nccc(-c4ccc(OC5CCOCC5)c(C#N)c4)c3o2)cc1. The second-order valence-electron chi connectivity index (χ2n) is 9.87. The average molecular weight is 565 g/mol. The fourth-order valence-electron chi connectivity index (χ4n) is 4.72. The lowest BCUT2D eigenvalue weighted by Crippen LogP contribution is -2.46. The van der Waals surface area contributed by atoms with Gasteiger partial charge in [0.15, 0.2) is 5.58 Å². The highest BCUT2D eigenvalue weighted by molar-refractivity contribution is 5.98. The van der Waals surface area contributed by atoms with Gasteiger partial charge in [-0.15, -0.1) is 0 Å². The van der Waals surface area contributed by atoms with Crippen LogP contribution in [0.25, 0.3) is 33.6 Å². The standard InChI is InChI=1S/C30H27F3N4O4/c1-18(35)17-37(29(38)30(31,32)33)22-5-2-19(3-6-22)27-15-25-28(41-27)24(8-11-36-25)20-4-7-26(21(14-20)16-34)40-23-9-12-39-13-10-23/h2-8,11,14-15,18,23H,9-10,12-13,17,35H2,1H3. The molecule has 0 radical (unpaired) electrons. The molecule has 41 heavy (non-hydrogen) atoms. The van der Waals surface area contributed by atoms with Crippen LogP contribution in [0.15, 0.2) is 65.2 Å². The Balaban J connectivity index is 1.44. The van der Waals surface area contributed by atoms with Crippen LogP contribution >= 0.6 is 0 Å². The maximum absolute atomic E-state index is 13.2. The normalized spacial score (nSPS) is 14.9. The molecule has 4 aromatic rings. The molecule has 1 aliphatic heterocycles. The van der Waals surface area contributed by atoms with Crippen LogP contribution in [0.4, 0.5) is 18.9 Å². The number of furan rings is 1. The van der Waals surface area contributed by atoms with Gasteiger partial charge in [-0.05, 0) is 55.0 Å². The predicted molar refractivity (Wildman–Crippen MR) is 146 cm³/mol. The summed E-state index contributed by atoms with van der Waals surface area (Å²) >= 11 is 0. The van der Waals surface area contributed by atoms with E-state index in [2.05, 4.69) is 11.1 Å². The average Bonchev–Trinajstić information content (AvgIpc) is 3.41. The van der Waals surface area contributed by atoms with Crippen LogP contribution in [-0.2, 0) is 9.53 Å². The number of nitrogens with two attached hydrogens (primary N) is 1. The number of carbonyl (C=O) groups excluding carboxylic acids is 1. The number of ether oxygens (including phenoxy) is 2. The minimum atomic E-state index is -5.03. The molecule has 1 saturated heterocycles. The summed E-state index contributed by atoms with van der Waals surface area (Å²) in [6, 6.07) is 16.4. The number of rotatable bonds is 7. The molecule has 1 fully saturated rings. The summed E-state index contributed by atoms with van der Waals surface area (Å²) in [4.78, 5) is 17.0. The zero-order chi connectivity index (χ0) is 29.1. The molecule has 1 aliphatic rings. The van der Waals surface area contributed by atoms with Crippen LogP contribution < -0.4 is 15.4 Å². The third-order valence-corrected chi connectivity index (χ3v) is 6.71. The molecular weight excluding hydrogens is 537 g/mol. The van der Waals surface area contributed by atoms with Gasteiger partial charge >= 0.3 is 12.1 Å². The summed E-state index contributed by atoms with van der Waals surface area (Å²) in [5, 5.41) is 9.79. The molecular formula is C30H27F3N4O4. The lowest BCUT2D eigenvalue weighted by atomic mass is 10.0. The van der Waals surface area contributed by atoms with Crippen molar-refractivity contribution in [3.05, 3.63) is 66.4 Å². The van der Waals surface area contributed by atoms with Gasteiger partial charge in [-0.25, -0.2) is 0 Å². The van der Waals surface area contributed by atoms with Gasteiger partial charge in [0.05, 0.1) is 18.8 Å². The van der Waals surface area contributed by atoms with Crippen molar-refractivity contribution < 1.29 is 31.9 Å². The Kier molecular flexibility index (Phi) is 7.97. The van der Waals surface area contributed by atoms with Gasteiger partial charge in [-0.3, -0.25) is 9.78 Å². The third kappa shape index (κ3) is 6.19. The van der Waals surface area contributed by atoms with E-state index in [0.29, 0.717) is 57.4 Å². The summed E-state index contributed by atoms with van der Waals surface area (Å²) in [5.74, 6) is -1.04. The van der Waals surface area contributed by atoms with E-state index in [4.69, 9.17) is 19.6 Å². The summed E-state index contributed by atoms with van der Waals surface area (Å²) in [6.07, 6.45) is -1.89. The third-order valence-electron chi connectivity index (χ3n) is 6.71. The highest BCUT2D eigenvalue weighted by atomic mass is 19.4. The van der Waals surface area contributed by atoms with Gasteiger partial charge in [0.25, 0.3) is 0 Å². The number of alkyl halides is 3. The molecule has 0 spiro atoms. The van der Waals surface area contributed by atoms with Gasteiger partial charge in [0.2, 0.25) is 0 Å². The minimum absolute atomic E-state index is 0.00859. The Labute approximate surface area is 234 Å². The van der Waals surface area contributed by atoms with Crippen LogP contribution in [0.1, 0.15) is 25.3 Å². The van der Waals surface area contributed by atoms with E-state index in [1.165, 1.54) is 19.1 Å². The van der Waals surface area contributed by atoms with Crippen molar-refractivity contribution in [1.82, 2.24) is 4.98 Å². The van der Waals surface area contributed by atoms with E-state index in [1.54, 1.807) is 42.6 Å². The van der Waals surface area contributed by atoms with Crippen LogP contribution in [0, 0.1) is 11.3 Å². The second kappa shape index (κ2) is 11.6. The summed E-state index contributed by atoms with van der Waals surface area (Å²) in [6.45, 7) is 2.48. The largest absolute Gasteiger partial charge is 0.489 e. The first kappa shape index (κ1) is 28.1. The Morgan fingerprint density at radius 3 is 2.51 bits per heavy atom. The fraction of sp³-hybridized carbons (Fsp3) is 0.300.